The van der Waals surface area contributed by atoms with Gasteiger partial charge >= 0.3 is 42.7 Å². The first-order valence-electron chi connectivity index (χ1n) is 42.7. The van der Waals surface area contributed by atoms with E-state index in [9.17, 15) is 50.4 Å². The number of nitrogens with one attached hydrogen (secondary N) is 3. The molecule has 6 bridgehead atoms. The third-order valence-electron chi connectivity index (χ3n) is 25.0. The Bertz CT molecular complexity index is 4300. The van der Waals surface area contributed by atoms with Crippen molar-refractivity contribution in [2.75, 3.05) is 39.3 Å². The number of nitrogens with zero attached hydrogens (tertiary/aromatic N) is 8. The average Bonchev–Trinajstić information content (AvgIpc) is 1.73. The predicted molar refractivity (Wildman–Crippen MR) is 447 cm³/mol. The Kier molecular flexibility index (Phi) is 26.1. The Labute approximate surface area is 704 Å². The molecule has 9 saturated carbocycles. The largest absolute Gasteiger partial charge is 0.444 e. The third kappa shape index (κ3) is 24.2. The summed E-state index contributed by atoms with van der Waals surface area (Å²) in [5.74, 6) is 0. The number of hydrogen-bond donors (Lipinski definition) is 3. The van der Waals surface area contributed by atoms with Crippen LogP contribution in [0.5, 0.6) is 0 Å². The van der Waals surface area contributed by atoms with E-state index in [1.54, 1.807) is 35.5 Å². The molecule has 16 rings (SSSR count). The van der Waals surface area contributed by atoms with Crippen LogP contribution in [0.2, 0.25) is 0 Å². The van der Waals surface area contributed by atoms with Gasteiger partial charge in [-0.15, -0.1) is 0 Å². The van der Waals surface area contributed by atoms with Gasteiger partial charge in [0.1, 0.15) is 33.6 Å². The highest BCUT2D eigenvalue weighted by molar-refractivity contribution is 7.86. The van der Waals surface area contributed by atoms with Gasteiger partial charge in [-0.1, -0.05) is 41.5 Å². The minimum atomic E-state index is -4.54. The molecule has 119 heavy (non-hydrogen) atoms. The zero-order valence-corrected chi connectivity index (χ0v) is 76.4. The normalized spacial score (nSPS) is 26.6. The van der Waals surface area contributed by atoms with E-state index in [0.29, 0.717) is 77.8 Å². The molecule has 3 N–H and O–H groups in total. The van der Waals surface area contributed by atoms with Crippen LogP contribution in [-0.4, -0.2) is 175 Å². The molecular formula is C89H138F3N11O15S. The van der Waals surface area contributed by atoms with Crippen LogP contribution in [0, 0.1) is 21.7 Å². The highest BCUT2D eigenvalue weighted by Crippen LogP contribution is 2.57. The molecule has 0 atom stereocenters. The molecular weight excluding hydrogens is 1550 g/mol. The fourth-order valence-corrected chi connectivity index (χ4v) is 20.1. The lowest BCUT2D eigenvalue weighted by molar-refractivity contribution is -0.137. The number of carbonyl (C=O) groups is 6. The first-order valence-corrected chi connectivity index (χ1v) is 44.1. The number of ether oxygens (including phenoxy) is 6. The quantitative estimate of drug-likeness (QED) is 0.119. The first-order chi connectivity index (χ1) is 54.3. The van der Waals surface area contributed by atoms with Crippen LogP contribution in [0.1, 0.15) is 310 Å². The number of aliphatic imine (C=N–C) groups is 1. The summed E-state index contributed by atoms with van der Waals surface area (Å²) in [4.78, 5) is 84.1. The van der Waals surface area contributed by atoms with Gasteiger partial charge < -0.3 is 59.1 Å². The zero-order valence-electron chi connectivity index (χ0n) is 75.6. The van der Waals surface area contributed by atoms with Gasteiger partial charge in [-0.05, 0) is 292 Å². The number of alkyl halides is 3. The van der Waals surface area contributed by atoms with Gasteiger partial charge in [-0.3, -0.25) is 18.5 Å². The van der Waals surface area contributed by atoms with Crippen LogP contribution in [0.25, 0.3) is 0 Å². The van der Waals surface area contributed by atoms with Crippen molar-refractivity contribution in [3.8, 4) is 0 Å². The summed E-state index contributed by atoms with van der Waals surface area (Å²) >= 11 is 0. The average molecular weight is 1690 g/mol. The van der Waals surface area contributed by atoms with Gasteiger partial charge in [0.2, 0.25) is 0 Å². The third-order valence-corrected chi connectivity index (χ3v) is 26.3. The molecule has 9 fully saturated rings. The number of halogens is 3. The topological polar surface area (TPSA) is 295 Å². The number of fused-ring (bicyclic) bond motifs is 11. The van der Waals surface area contributed by atoms with Crippen LogP contribution in [0.4, 0.5) is 41.9 Å². The van der Waals surface area contributed by atoms with E-state index in [-0.39, 0.29) is 91.1 Å². The van der Waals surface area contributed by atoms with E-state index in [1.807, 2.05) is 116 Å². The van der Waals surface area contributed by atoms with Gasteiger partial charge in [0.05, 0.1) is 60.8 Å². The second-order valence-corrected chi connectivity index (χ2v) is 45.6. The first kappa shape index (κ1) is 93.6. The summed E-state index contributed by atoms with van der Waals surface area (Å²) in [5, 5.41) is 19.3. The molecule has 0 radical (unpaired) electrons. The number of rotatable bonds is 11. The second kappa shape index (κ2) is 33.2. The lowest BCUT2D eigenvalue weighted by atomic mass is 9.57. The standard InChI is InChI=1S/2C27H44N4O4.C21H28F3NO5S.C14H22N2O2/c1-23(2,3)34-21(32)28-27-12-9-26(10-13-27,11-14-27)18-31-16-19-15-30(22(33)35-24(4,5)6)17-25(7,8)20(19)29-31;1-23(2,3)34-21(32)29-27-12-9-26(10-13-27,11-14-27)18-31-20-19(15-28-31)16-30(17-25(20,7)8)22(33)35-24(4,5)6;1-18(2,3)30-17(26)25-20-11-8-19(9-12-20,10-13-20)14-29-31(27,28)16-6-4-15(5-7-16)21(22,23)24;1-13(2,3)18-12(17)16-8-10-6-15-7-11(10)14(4,5)9-16/h16H,9-15,17-18H2,1-8H3,(H,28,32);15H,9-14,16-18H2,1-8H3,(H,29,32);4-7H,8-14H2,1-3H3,(H,25,26);6H,7-9H2,1-5H3. The Hall–Kier alpha value is -7.63. The van der Waals surface area contributed by atoms with Gasteiger partial charge in [-0.25, -0.2) is 28.8 Å². The number of hydrogen-bond acceptors (Lipinski definition) is 18. The highest BCUT2D eigenvalue weighted by Gasteiger charge is 2.55. The molecule has 0 spiro atoms. The van der Waals surface area contributed by atoms with Crippen molar-refractivity contribution in [2.45, 2.75) is 380 Å². The van der Waals surface area contributed by atoms with Crippen molar-refractivity contribution in [1.82, 2.24) is 50.2 Å². The molecule has 666 valence electrons. The second-order valence-electron chi connectivity index (χ2n) is 44.0. The zero-order chi connectivity index (χ0) is 88.4. The molecule has 0 saturated heterocycles. The molecule has 3 aromatic rings. The molecule has 9 aliphatic carbocycles. The summed E-state index contributed by atoms with van der Waals surface area (Å²) in [7, 11) is -4.16. The Balaban J connectivity index is 0.000000171. The fourth-order valence-electron chi connectivity index (χ4n) is 19.1. The van der Waals surface area contributed by atoms with Crippen molar-refractivity contribution in [3.05, 3.63) is 75.9 Å². The minimum Gasteiger partial charge on any atom is -0.444 e. The number of amides is 6. The van der Waals surface area contributed by atoms with Crippen LogP contribution in [-0.2, 0) is 85.9 Å². The van der Waals surface area contributed by atoms with Crippen molar-refractivity contribution in [2.24, 2.45) is 26.7 Å². The van der Waals surface area contributed by atoms with Gasteiger partial charge in [0.25, 0.3) is 10.1 Å². The monoisotopic (exact) mass is 1690 g/mol. The van der Waals surface area contributed by atoms with Crippen LogP contribution in [0.15, 0.2) is 57.7 Å². The molecule has 2 aromatic heterocycles. The lowest BCUT2D eigenvalue weighted by Crippen LogP contribution is -2.58. The van der Waals surface area contributed by atoms with Crippen molar-refractivity contribution >= 4 is 52.9 Å². The van der Waals surface area contributed by atoms with E-state index < -0.39 is 61.6 Å². The highest BCUT2D eigenvalue weighted by atomic mass is 32.2. The van der Waals surface area contributed by atoms with Crippen molar-refractivity contribution in [3.63, 3.8) is 0 Å². The maximum absolute atomic E-state index is 12.8. The summed E-state index contributed by atoms with van der Waals surface area (Å²) in [6, 6.07) is 3.28. The van der Waals surface area contributed by atoms with E-state index in [0.717, 1.165) is 138 Å². The van der Waals surface area contributed by atoms with Gasteiger partial charge in [0.15, 0.2) is 0 Å². The number of alkyl carbamates (subject to hydrolysis) is 3. The molecule has 26 nitrogen and oxygen atoms in total. The van der Waals surface area contributed by atoms with Gasteiger partial charge in [0, 0.05) is 89.1 Å². The van der Waals surface area contributed by atoms with Crippen molar-refractivity contribution in [1.29, 1.82) is 0 Å². The number of benzene rings is 1. The van der Waals surface area contributed by atoms with E-state index in [4.69, 9.17) is 42.8 Å². The minimum absolute atomic E-state index is 0.0129. The summed E-state index contributed by atoms with van der Waals surface area (Å²) < 4.78 is 106. The van der Waals surface area contributed by atoms with Crippen LogP contribution in [0.3, 0.4) is 0 Å². The van der Waals surface area contributed by atoms with Crippen LogP contribution < -0.4 is 16.0 Å². The SMILES string of the molecule is CC(C)(C)OC(=O)N1CC2=C(CN=C2)C(C)(C)C1.CC(C)(C)OC(=O)NC12CCC(COS(=O)(=O)c3ccc(C(F)(F)F)cc3)(CC1)CC2.CC(C)(C)OC(=O)NC12CCC(Cn3cc4c(n3)C(C)(C)CN(C(=O)OC(C)(C)C)C4)(CC1)CC2.CC(C)(C)OC(=O)NC12CCC(Cn3ncc4c3C(C)(C)CN(C(=O)OC(C)(C)C)C4)(CC1)CC2. The summed E-state index contributed by atoms with van der Waals surface area (Å²) in [6.45, 7) is 52.9. The molecule has 4 aliphatic heterocycles. The lowest BCUT2D eigenvalue weighted by Gasteiger charge is -2.53. The summed E-state index contributed by atoms with van der Waals surface area (Å²) in [5.41, 5.74) is 2.12. The van der Waals surface area contributed by atoms with Crippen molar-refractivity contribution < 1.29 is 83.0 Å². The predicted octanol–water partition coefficient (Wildman–Crippen LogP) is 18.7. The van der Waals surface area contributed by atoms with Gasteiger partial charge in [-0.2, -0.15) is 31.8 Å². The van der Waals surface area contributed by atoms with E-state index in [2.05, 4.69) is 78.0 Å². The number of aromatic nitrogens is 4. The Morgan fingerprint density at radius 3 is 1.21 bits per heavy atom. The maximum atomic E-state index is 12.8. The fraction of sp³-hybridized carbons (Fsp3) is 0.764. The molecule has 6 amide bonds. The van der Waals surface area contributed by atoms with E-state index in [1.165, 1.54) is 16.8 Å². The van der Waals surface area contributed by atoms with E-state index >= 15 is 0 Å². The molecule has 0 unspecified atom stereocenters. The molecule has 6 heterocycles. The Morgan fingerprint density at radius 1 is 0.454 bits per heavy atom. The molecule has 30 heteroatoms. The maximum Gasteiger partial charge on any atom is 0.416 e. The summed E-state index contributed by atoms with van der Waals surface area (Å²) in [6.07, 6.45) is 16.0. The smallest absolute Gasteiger partial charge is 0.416 e. The number of carbonyl (C=O) groups excluding carboxylic acids is 6. The molecule has 13 aliphatic rings. The van der Waals surface area contributed by atoms with Crippen LogP contribution >= 0.6 is 0 Å². The Morgan fingerprint density at radius 2 is 0.815 bits per heavy atom. The molecule has 1 aromatic carbocycles.